The van der Waals surface area contributed by atoms with Crippen LogP contribution < -0.4 is 4.74 Å². The van der Waals surface area contributed by atoms with Crippen LogP contribution in [0, 0.1) is 5.92 Å². The van der Waals surface area contributed by atoms with Crippen molar-refractivity contribution in [1.82, 2.24) is 0 Å². The summed E-state index contributed by atoms with van der Waals surface area (Å²) in [6.07, 6.45) is 5.18. The van der Waals surface area contributed by atoms with Gasteiger partial charge >= 0.3 is 0 Å². The van der Waals surface area contributed by atoms with Gasteiger partial charge in [-0.1, -0.05) is 44.2 Å². The molecule has 1 aliphatic rings. The van der Waals surface area contributed by atoms with Crippen LogP contribution in [0.15, 0.2) is 43.2 Å². The Morgan fingerprint density at radius 1 is 1.18 bits per heavy atom. The maximum absolute atomic E-state index is 5.67. The van der Waals surface area contributed by atoms with Gasteiger partial charge in [-0.3, -0.25) is 0 Å². The second-order valence-electron chi connectivity index (χ2n) is 4.81. The molecule has 0 bridgehead atoms. The van der Waals surface area contributed by atoms with Gasteiger partial charge in [-0.15, -0.1) is 0 Å². The fourth-order valence-electron chi connectivity index (χ4n) is 2.50. The first-order valence-corrected chi connectivity index (χ1v) is 6.30. The van der Waals surface area contributed by atoms with Gasteiger partial charge in [0.1, 0.15) is 5.75 Å². The largest absolute Gasteiger partial charge is 0.462 e. The van der Waals surface area contributed by atoms with Crippen LogP contribution in [0.1, 0.15) is 38.2 Å². The minimum atomic E-state index is 0.630. The molecule has 0 atom stereocenters. The number of hydrogen-bond acceptors (Lipinski definition) is 1. The van der Waals surface area contributed by atoms with Gasteiger partial charge < -0.3 is 4.74 Å². The lowest BCUT2D eigenvalue weighted by molar-refractivity contribution is 0.428. The van der Waals surface area contributed by atoms with Crippen molar-refractivity contribution < 1.29 is 4.74 Å². The van der Waals surface area contributed by atoms with E-state index in [4.69, 9.17) is 4.74 Å². The summed E-state index contributed by atoms with van der Waals surface area (Å²) < 4.78 is 5.67. The fourth-order valence-corrected chi connectivity index (χ4v) is 2.50. The van der Waals surface area contributed by atoms with Crippen molar-refractivity contribution in [2.45, 2.75) is 32.6 Å². The predicted molar refractivity (Wildman–Crippen MR) is 72.9 cm³/mol. The van der Waals surface area contributed by atoms with E-state index in [1.807, 2.05) is 25.1 Å². The lowest BCUT2D eigenvalue weighted by Gasteiger charge is -2.17. The van der Waals surface area contributed by atoms with E-state index in [9.17, 15) is 0 Å². The molecule has 90 valence electrons. The van der Waals surface area contributed by atoms with E-state index in [1.165, 1.54) is 31.3 Å². The second kappa shape index (κ2) is 5.22. The van der Waals surface area contributed by atoms with Crippen LogP contribution in [0.3, 0.4) is 0 Å². The molecule has 1 aromatic rings. The molecule has 2 rings (SSSR count). The highest BCUT2D eigenvalue weighted by molar-refractivity contribution is 5.70. The molecule has 1 fully saturated rings. The molecule has 0 unspecified atom stereocenters. The summed E-state index contributed by atoms with van der Waals surface area (Å²) >= 11 is 0. The smallest absolute Gasteiger partial charge is 0.134 e. The second-order valence-corrected chi connectivity index (χ2v) is 4.81. The standard InChI is InChI=1S/C16H20O/c1-12(2)17-16-11-7-6-10-15(16)13(3)14-8-4-5-9-14/h6-7,10-11,14H,1,3-5,8-9H2,2H3. The van der Waals surface area contributed by atoms with Gasteiger partial charge in [0, 0.05) is 5.56 Å². The summed E-state index contributed by atoms with van der Waals surface area (Å²) in [6.45, 7) is 9.93. The van der Waals surface area contributed by atoms with Crippen molar-refractivity contribution in [2.24, 2.45) is 5.92 Å². The average Bonchev–Trinajstić information content (AvgIpc) is 2.81. The zero-order valence-corrected chi connectivity index (χ0v) is 10.5. The van der Waals surface area contributed by atoms with Crippen LogP contribution in [-0.2, 0) is 0 Å². The maximum Gasteiger partial charge on any atom is 0.134 e. The van der Waals surface area contributed by atoms with E-state index >= 15 is 0 Å². The van der Waals surface area contributed by atoms with Gasteiger partial charge in [0.25, 0.3) is 0 Å². The fraction of sp³-hybridized carbons (Fsp3) is 0.375. The van der Waals surface area contributed by atoms with Gasteiger partial charge in [0.05, 0.1) is 5.76 Å². The Morgan fingerprint density at radius 2 is 1.82 bits per heavy atom. The first-order valence-electron chi connectivity index (χ1n) is 6.30. The summed E-state index contributed by atoms with van der Waals surface area (Å²) in [5, 5.41) is 0. The van der Waals surface area contributed by atoms with Gasteiger partial charge in [-0.2, -0.15) is 0 Å². The summed E-state index contributed by atoms with van der Waals surface area (Å²) in [5.74, 6) is 2.23. The molecule has 0 aliphatic heterocycles. The maximum atomic E-state index is 5.67. The molecule has 1 heteroatoms. The first kappa shape index (κ1) is 12.0. The normalized spacial score (nSPS) is 15.8. The van der Waals surface area contributed by atoms with Crippen LogP contribution in [0.25, 0.3) is 5.57 Å². The third-order valence-electron chi connectivity index (χ3n) is 3.37. The van der Waals surface area contributed by atoms with Crippen molar-refractivity contribution >= 4 is 5.57 Å². The molecule has 0 aromatic heterocycles. The Morgan fingerprint density at radius 3 is 2.47 bits per heavy atom. The molecule has 0 radical (unpaired) electrons. The quantitative estimate of drug-likeness (QED) is 0.672. The van der Waals surface area contributed by atoms with E-state index in [0.29, 0.717) is 5.92 Å². The van der Waals surface area contributed by atoms with Crippen LogP contribution in [0.2, 0.25) is 0 Å². The number of hydrogen-bond donors (Lipinski definition) is 0. The summed E-state index contributed by atoms with van der Waals surface area (Å²) in [4.78, 5) is 0. The third-order valence-corrected chi connectivity index (χ3v) is 3.37. The molecule has 1 nitrogen and oxygen atoms in total. The van der Waals surface area contributed by atoms with Crippen molar-refractivity contribution in [2.75, 3.05) is 0 Å². The minimum Gasteiger partial charge on any atom is -0.462 e. The van der Waals surface area contributed by atoms with Gasteiger partial charge in [0.15, 0.2) is 0 Å². The van der Waals surface area contributed by atoms with E-state index in [2.05, 4.69) is 19.2 Å². The van der Waals surface area contributed by atoms with E-state index in [-0.39, 0.29) is 0 Å². The summed E-state index contributed by atoms with van der Waals surface area (Å²) in [6, 6.07) is 8.12. The topological polar surface area (TPSA) is 9.23 Å². The Labute approximate surface area is 104 Å². The highest BCUT2D eigenvalue weighted by Crippen LogP contribution is 2.38. The van der Waals surface area contributed by atoms with Crippen LogP contribution >= 0.6 is 0 Å². The van der Waals surface area contributed by atoms with Crippen molar-refractivity contribution in [3.8, 4) is 5.75 Å². The highest BCUT2D eigenvalue weighted by atomic mass is 16.5. The number of para-hydroxylation sites is 1. The zero-order chi connectivity index (χ0) is 12.3. The molecule has 0 amide bonds. The van der Waals surface area contributed by atoms with Gasteiger partial charge in [-0.05, 0) is 37.3 Å². The molecule has 1 saturated carbocycles. The molecular formula is C16H20O. The molecule has 17 heavy (non-hydrogen) atoms. The zero-order valence-electron chi connectivity index (χ0n) is 10.5. The predicted octanol–water partition coefficient (Wildman–Crippen LogP) is 4.80. The molecule has 0 heterocycles. The average molecular weight is 228 g/mol. The Bertz CT molecular complexity index is 425. The van der Waals surface area contributed by atoms with Gasteiger partial charge in [-0.25, -0.2) is 0 Å². The van der Waals surface area contributed by atoms with Crippen molar-refractivity contribution in [3.63, 3.8) is 0 Å². The number of allylic oxidation sites excluding steroid dienone is 2. The van der Waals surface area contributed by atoms with E-state index < -0.39 is 0 Å². The Kier molecular flexibility index (Phi) is 3.68. The number of ether oxygens (including phenoxy) is 1. The molecular weight excluding hydrogens is 208 g/mol. The van der Waals surface area contributed by atoms with Crippen molar-refractivity contribution in [3.05, 3.63) is 48.7 Å². The molecule has 0 spiro atoms. The SMILES string of the molecule is C=C(C)Oc1ccccc1C(=C)C1CCCC1. The Hall–Kier alpha value is -1.50. The number of rotatable bonds is 4. The number of benzene rings is 1. The lowest BCUT2D eigenvalue weighted by atomic mass is 9.92. The van der Waals surface area contributed by atoms with Crippen LogP contribution in [-0.4, -0.2) is 0 Å². The van der Waals surface area contributed by atoms with Gasteiger partial charge in [0.2, 0.25) is 0 Å². The minimum absolute atomic E-state index is 0.630. The van der Waals surface area contributed by atoms with E-state index in [1.54, 1.807) is 0 Å². The summed E-state index contributed by atoms with van der Waals surface area (Å²) in [7, 11) is 0. The van der Waals surface area contributed by atoms with Crippen LogP contribution in [0.5, 0.6) is 5.75 Å². The highest BCUT2D eigenvalue weighted by Gasteiger charge is 2.21. The molecule has 0 saturated heterocycles. The van der Waals surface area contributed by atoms with E-state index in [0.717, 1.165) is 17.1 Å². The molecule has 1 aromatic carbocycles. The molecule has 1 aliphatic carbocycles. The monoisotopic (exact) mass is 228 g/mol. The van der Waals surface area contributed by atoms with Crippen LogP contribution in [0.4, 0.5) is 0 Å². The summed E-state index contributed by atoms with van der Waals surface area (Å²) in [5.41, 5.74) is 2.36. The first-order chi connectivity index (χ1) is 8.18. The van der Waals surface area contributed by atoms with Crippen molar-refractivity contribution in [1.29, 1.82) is 0 Å². The third kappa shape index (κ3) is 2.79. The lowest BCUT2D eigenvalue weighted by Crippen LogP contribution is -2.00. The Balaban J connectivity index is 2.24. The molecule has 0 N–H and O–H groups in total.